The van der Waals surface area contributed by atoms with Crippen LogP contribution < -0.4 is 0 Å². The first kappa shape index (κ1) is 22.1. The highest BCUT2D eigenvalue weighted by Crippen LogP contribution is 2.58. The molecule has 1 fully saturated rings. The normalized spacial score (nSPS) is 26.9. The second-order valence-electron chi connectivity index (χ2n) is 7.25. The molecular formula is C16H24F6O3. The quantitative estimate of drug-likeness (QED) is 0.519. The van der Waals surface area contributed by atoms with E-state index in [1.807, 2.05) is 13.8 Å². The topological polar surface area (TPSA) is 46.5 Å². The van der Waals surface area contributed by atoms with E-state index >= 15 is 0 Å². The summed E-state index contributed by atoms with van der Waals surface area (Å²) in [5.41, 5.74) is -5.77. The number of esters is 1. The lowest BCUT2D eigenvalue weighted by atomic mass is 9.89. The Morgan fingerprint density at radius 1 is 1.20 bits per heavy atom. The van der Waals surface area contributed by atoms with Gasteiger partial charge in [-0.1, -0.05) is 27.2 Å². The molecule has 1 rings (SSSR count). The van der Waals surface area contributed by atoms with Gasteiger partial charge in [0, 0.05) is 6.42 Å². The lowest BCUT2D eigenvalue weighted by Gasteiger charge is -2.34. The van der Waals surface area contributed by atoms with E-state index in [0.717, 1.165) is 13.3 Å². The summed E-state index contributed by atoms with van der Waals surface area (Å²) in [7, 11) is 0. The first-order valence-electron chi connectivity index (χ1n) is 8.17. The molecule has 0 aromatic heterocycles. The van der Waals surface area contributed by atoms with Crippen LogP contribution in [-0.4, -0.2) is 35.1 Å². The zero-order chi connectivity index (χ0) is 19.8. The lowest BCUT2D eigenvalue weighted by molar-refractivity contribution is -0.373. The van der Waals surface area contributed by atoms with Crippen LogP contribution in [0.3, 0.4) is 0 Å². The molecule has 0 aliphatic heterocycles. The molecule has 9 heteroatoms. The van der Waals surface area contributed by atoms with Crippen LogP contribution in [0.4, 0.5) is 26.3 Å². The first-order valence-corrected chi connectivity index (χ1v) is 8.17. The third kappa shape index (κ3) is 4.41. The Bertz CT molecular complexity index is 473. The van der Waals surface area contributed by atoms with E-state index in [9.17, 15) is 36.2 Å². The van der Waals surface area contributed by atoms with Crippen molar-refractivity contribution >= 4 is 5.97 Å². The molecule has 1 aliphatic rings. The number of halogens is 6. The van der Waals surface area contributed by atoms with E-state index in [2.05, 4.69) is 0 Å². The predicted octanol–water partition coefficient (Wildman–Crippen LogP) is 4.63. The van der Waals surface area contributed by atoms with Gasteiger partial charge in [-0.15, -0.1) is 0 Å². The number of carbonyl (C=O) groups is 1. The molecule has 1 saturated carbocycles. The minimum atomic E-state index is -5.92. The molecule has 0 saturated heterocycles. The van der Waals surface area contributed by atoms with Crippen LogP contribution >= 0.6 is 0 Å². The molecule has 1 N–H and O–H groups in total. The van der Waals surface area contributed by atoms with Gasteiger partial charge in [-0.3, -0.25) is 4.79 Å². The Kier molecular flexibility index (Phi) is 6.14. The number of ether oxygens (including phenoxy) is 1. The van der Waals surface area contributed by atoms with Crippen molar-refractivity contribution in [2.75, 3.05) is 0 Å². The van der Waals surface area contributed by atoms with E-state index in [1.54, 1.807) is 6.92 Å². The Balaban J connectivity index is 2.84. The molecular weight excluding hydrogens is 354 g/mol. The third-order valence-corrected chi connectivity index (χ3v) is 5.10. The molecule has 3 nitrogen and oxygen atoms in total. The maximum atomic E-state index is 12.7. The Morgan fingerprint density at radius 2 is 1.64 bits per heavy atom. The molecule has 0 heterocycles. The maximum absolute atomic E-state index is 12.7. The Hall–Kier alpha value is -0.990. The number of hydrogen-bond acceptors (Lipinski definition) is 3. The summed E-state index contributed by atoms with van der Waals surface area (Å²) in [5, 5.41) is 9.18. The summed E-state index contributed by atoms with van der Waals surface area (Å²) in [6.07, 6.45) is -13.6. The molecule has 0 bridgehead atoms. The zero-order valence-electron chi connectivity index (χ0n) is 14.6. The minimum absolute atomic E-state index is 0.0367. The molecule has 0 amide bonds. The zero-order valence-corrected chi connectivity index (χ0v) is 14.6. The van der Waals surface area contributed by atoms with E-state index < -0.39 is 41.9 Å². The fourth-order valence-corrected chi connectivity index (χ4v) is 3.06. The second kappa shape index (κ2) is 6.96. The van der Waals surface area contributed by atoms with Crippen molar-refractivity contribution in [3.8, 4) is 0 Å². The summed E-state index contributed by atoms with van der Waals surface area (Å²) in [6, 6.07) is 0. The molecule has 0 spiro atoms. The van der Waals surface area contributed by atoms with Crippen molar-refractivity contribution in [2.24, 2.45) is 17.3 Å². The van der Waals surface area contributed by atoms with Gasteiger partial charge in [-0.25, -0.2) is 0 Å². The van der Waals surface area contributed by atoms with Crippen LogP contribution in [0.2, 0.25) is 0 Å². The molecule has 4 atom stereocenters. The second-order valence-corrected chi connectivity index (χ2v) is 7.25. The highest BCUT2D eigenvalue weighted by molar-refractivity contribution is 5.80. The monoisotopic (exact) mass is 378 g/mol. The molecule has 25 heavy (non-hydrogen) atoms. The smallest absolute Gasteiger partial charge is 0.426 e. The SMILES string of the molecule is CCC(C)CC1(C(=O)OC(C)CC(O)(C(F)(F)F)C(F)(F)F)CC1C. The van der Waals surface area contributed by atoms with Gasteiger partial charge in [0.05, 0.1) is 5.41 Å². The third-order valence-electron chi connectivity index (χ3n) is 5.10. The van der Waals surface area contributed by atoms with Crippen LogP contribution in [0.25, 0.3) is 0 Å². The van der Waals surface area contributed by atoms with Gasteiger partial charge in [0.25, 0.3) is 5.60 Å². The number of hydrogen-bond donors (Lipinski definition) is 1. The van der Waals surface area contributed by atoms with Crippen molar-refractivity contribution in [3.05, 3.63) is 0 Å². The van der Waals surface area contributed by atoms with E-state index in [-0.39, 0.29) is 11.8 Å². The summed E-state index contributed by atoms with van der Waals surface area (Å²) in [4.78, 5) is 12.3. The van der Waals surface area contributed by atoms with Crippen LogP contribution in [0.5, 0.6) is 0 Å². The van der Waals surface area contributed by atoms with Gasteiger partial charge in [-0.05, 0) is 31.6 Å². The highest BCUT2D eigenvalue weighted by Gasteiger charge is 2.71. The van der Waals surface area contributed by atoms with E-state index in [1.165, 1.54) is 0 Å². The molecule has 148 valence electrons. The Labute approximate surface area is 142 Å². The van der Waals surface area contributed by atoms with Gasteiger partial charge in [0.2, 0.25) is 0 Å². The van der Waals surface area contributed by atoms with E-state index in [0.29, 0.717) is 12.8 Å². The lowest BCUT2D eigenvalue weighted by Crippen LogP contribution is -2.58. The minimum Gasteiger partial charge on any atom is -0.462 e. The van der Waals surface area contributed by atoms with Gasteiger partial charge in [-0.2, -0.15) is 26.3 Å². The van der Waals surface area contributed by atoms with Gasteiger partial charge < -0.3 is 9.84 Å². The van der Waals surface area contributed by atoms with Crippen LogP contribution in [-0.2, 0) is 9.53 Å². The maximum Gasteiger partial charge on any atom is 0.426 e. The summed E-state index contributed by atoms with van der Waals surface area (Å²) >= 11 is 0. The summed E-state index contributed by atoms with van der Waals surface area (Å²) in [6.45, 7) is 6.54. The largest absolute Gasteiger partial charge is 0.462 e. The first-order chi connectivity index (χ1) is 11.1. The van der Waals surface area contributed by atoms with Crippen molar-refractivity contribution in [2.45, 2.75) is 77.4 Å². The Morgan fingerprint density at radius 3 is 1.96 bits per heavy atom. The number of alkyl halides is 6. The van der Waals surface area contributed by atoms with Crippen LogP contribution in [0.15, 0.2) is 0 Å². The fraction of sp³-hybridized carbons (Fsp3) is 0.938. The average molecular weight is 378 g/mol. The molecule has 0 radical (unpaired) electrons. The molecule has 0 aromatic carbocycles. The van der Waals surface area contributed by atoms with E-state index in [4.69, 9.17) is 4.74 Å². The number of rotatable bonds is 7. The number of carbonyl (C=O) groups excluding carboxylic acids is 1. The van der Waals surface area contributed by atoms with Gasteiger partial charge in [0.15, 0.2) is 0 Å². The van der Waals surface area contributed by atoms with Crippen molar-refractivity contribution in [1.82, 2.24) is 0 Å². The summed E-state index contributed by atoms with van der Waals surface area (Å²) in [5.74, 6) is -0.653. The van der Waals surface area contributed by atoms with Crippen LogP contribution in [0.1, 0.15) is 53.4 Å². The molecule has 1 aliphatic carbocycles. The van der Waals surface area contributed by atoms with Crippen molar-refractivity contribution < 1.29 is 41.0 Å². The van der Waals surface area contributed by atoms with Gasteiger partial charge in [0.1, 0.15) is 6.10 Å². The van der Waals surface area contributed by atoms with Gasteiger partial charge >= 0.3 is 18.3 Å². The fourth-order valence-electron chi connectivity index (χ4n) is 3.06. The standard InChI is InChI=1S/C16H24F6O3/c1-5-9(2)6-13(7-10(13)3)12(23)25-11(4)8-14(24,15(17,18)19)16(20,21)22/h9-11,24H,5-8H2,1-4H3. The molecule has 0 aromatic rings. The van der Waals surface area contributed by atoms with Crippen molar-refractivity contribution in [1.29, 1.82) is 0 Å². The summed E-state index contributed by atoms with van der Waals surface area (Å²) < 4.78 is 81.2. The predicted molar refractivity (Wildman–Crippen MR) is 77.5 cm³/mol. The highest BCUT2D eigenvalue weighted by atomic mass is 19.4. The molecule has 4 unspecified atom stereocenters. The van der Waals surface area contributed by atoms with Crippen LogP contribution in [0, 0.1) is 17.3 Å². The average Bonchev–Trinajstić information content (AvgIpc) is 3.07. The van der Waals surface area contributed by atoms with Crippen molar-refractivity contribution in [3.63, 3.8) is 0 Å². The number of aliphatic hydroxyl groups is 1.